The number of amides is 1. The number of carbonyl (C=O) groups is 2. The zero-order valence-electron chi connectivity index (χ0n) is 16.1. The number of nitrogens with zero attached hydrogens (tertiary/aromatic N) is 3. The Hall–Kier alpha value is -3.85. The standard InChI is InChI=1S/C20H21N7O2/c1-12-13(16(28)11-21)6-5-7-14(12)24-15-10-18(25-17-8-3-4-9-23-17)26-27-19(15)20(29)22-2/h3-10H,11,21H2,1-2H3,(H,22,29)(H2,23,24,25,26). The van der Waals surface area contributed by atoms with Crippen molar-refractivity contribution < 1.29 is 9.59 Å². The van der Waals surface area contributed by atoms with Crippen LogP contribution in [-0.4, -0.2) is 40.5 Å². The molecule has 3 aromatic rings. The molecule has 29 heavy (non-hydrogen) atoms. The molecule has 0 aliphatic heterocycles. The highest BCUT2D eigenvalue weighted by molar-refractivity contribution is 6.01. The van der Waals surface area contributed by atoms with Crippen molar-refractivity contribution in [3.05, 3.63) is 65.5 Å². The summed E-state index contributed by atoms with van der Waals surface area (Å²) < 4.78 is 0. The van der Waals surface area contributed by atoms with Gasteiger partial charge in [-0.2, -0.15) is 0 Å². The molecular weight excluding hydrogens is 370 g/mol. The minimum absolute atomic E-state index is 0.0806. The van der Waals surface area contributed by atoms with Gasteiger partial charge >= 0.3 is 0 Å². The predicted molar refractivity (Wildman–Crippen MR) is 111 cm³/mol. The topological polar surface area (TPSA) is 135 Å². The van der Waals surface area contributed by atoms with Crippen molar-refractivity contribution in [2.45, 2.75) is 6.92 Å². The fraction of sp³-hybridized carbons (Fsp3) is 0.150. The van der Waals surface area contributed by atoms with E-state index in [0.29, 0.717) is 28.6 Å². The summed E-state index contributed by atoms with van der Waals surface area (Å²) in [6.07, 6.45) is 1.65. The van der Waals surface area contributed by atoms with Crippen LogP contribution >= 0.6 is 0 Å². The summed E-state index contributed by atoms with van der Waals surface area (Å²) in [6.45, 7) is 1.73. The molecule has 0 radical (unpaired) electrons. The van der Waals surface area contributed by atoms with E-state index in [1.54, 1.807) is 36.5 Å². The Morgan fingerprint density at radius 3 is 2.52 bits per heavy atom. The molecule has 0 unspecified atom stereocenters. The van der Waals surface area contributed by atoms with Crippen LogP contribution in [0.15, 0.2) is 48.7 Å². The third kappa shape index (κ3) is 4.53. The number of nitrogens with one attached hydrogen (secondary N) is 3. The highest BCUT2D eigenvalue weighted by Crippen LogP contribution is 2.27. The van der Waals surface area contributed by atoms with Crippen LogP contribution < -0.4 is 21.7 Å². The van der Waals surface area contributed by atoms with E-state index in [0.717, 1.165) is 5.56 Å². The molecule has 1 amide bonds. The number of aromatic nitrogens is 3. The normalized spacial score (nSPS) is 10.3. The zero-order valence-corrected chi connectivity index (χ0v) is 16.1. The average Bonchev–Trinajstić information content (AvgIpc) is 2.75. The minimum atomic E-state index is -0.392. The van der Waals surface area contributed by atoms with Gasteiger partial charge in [0.1, 0.15) is 5.82 Å². The molecule has 0 aliphatic rings. The maximum atomic E-state index is 12.2. The van der Waals surface area contributed by atoms with Crippen LogP contribution in [0.1, 0.15) is 26.4 Å². The first-order valence-corrected chi connectivity index (χ1v) is 8.91. The van der Waals surface area contributed by atoms with E-state index >= 15 is 0 Å². The first kappa shape index (κ1) is 19.9. The second-order valence-electron chi connectivity index (χ2n) is 6.14. The second-order valence-corrected chi connectivity index (χ2v) is 6.14. The summed E-state index contributed by atoms with van der Waals surface area (Å²) in [4.78, 5) is 28.5. The highest BCUT2D eigenvalue weighted by Gasteiger charge is 2.17. The van der Waals surface area contributed by atoms with Gasteiger partial charge in [-0.1, -0.05) is 18.2 Å². The molecule has 3 rings (SSSR count). The van der Waals surface area contributed by atoms with Gasteiger partial charge in [0.05, 0.1) is 12.2 Å². The largest absolute Gasteiger partial charge is 0.354 e. The van der Waals surface area contributed by atoms with Crippen molar-refractivity contribution in [1.82, 2.24) is 20.5 Å². The molecule has 0 atom stereocenters. The maximum Gasteiger partial charge on any atom is 0.273 e. The van der Waals surface area contributed by atoms with Gasteiger partial charge in [0.15, 0.2) is 17.3 Å². The first-order chi connectivity index (χ1) is 14.0. The number of nitrogens with two attached hydrogens (primary N) is 1. The number of rotatable bonds is 7. The molecule has 2 aromatic heterocycles. The van der Waals surface area contributed by atoms with Gasteiger partial charge in [0.25, 0.3) is 5.91 Å². The lowest BCUT2D eigenvalue weighted by Gasteiger charge is -2.15. The van der Waals surface area contributed by atoms with E-state index < -0.39 is 5.91 Å². The number of hydrogen-bond donors (Lipinski definition) is 4. The van der Waals surface area contributed by atoms with E-state index in [4.69, 9.17) is 5.73 Å². The summed E-state index contributed by atoms with van der Waals surface area (Å²) in [6, 6.07) is 12.4. The van der Waals surface area contributed by atoms with Crippen LogP contribution in [0.25, 0.3) is 0 Å². The molecule has 5 N–H and O–H groups in total. The van der Waals surface area contributed by atoms with E-state index in [2.05, 4.69) is 31.1 Å². The molecule has 148 valence electrons. The van der Waals surface area contributed by atoms with Crippen molar-refractivity contribution in [2.75, 3.05) is 24.2 Å². The molecule has 9 nitrogen and oxygen atoms in total. The zero-order chi connectivity index (χ0) is 20.8. The Morgan fingerprint density at radius 1 is 1.00 bits per heavy atom. The average molecular weight is 391 g/mol. The molecule has 0 saturated carbocycles. The SMILES string of the molecule is CNC(=O)c1nnc(Nc2ccccn2)cc1Nc1cccc(C(=O)CN)c1C. The van der Waals surface area contributed by atoms with Gasteiger partial charge in [-0.3, -0.25) is 9.59 Å². The summed E-state index contributed by atoms with van der Waals surface area (Å²) in [7, 11) is 1.51. The number of hydrogen-bond acceptors (Lipinski definition) is 8. The second kappa shape index (κ2) is 8.89. The summed E-state index contributed by atoms with van der Waals surface area (Å²) in [5.74, 6) is 0.442. The van der Waals surface area contributed by atoms with E-state index in [1.807, 2.05) is 19.1 Å². The fourth-order valence-corrected chi connectivity index (χ4v) is 2.73. The molecule has 0 bridgehead atoms. The predicted octanol–water partition coefficient (Wildman–Crippen LogP) is 2.17. The molecule has 0 saturated heterocycles. The van der Waals surface area contributed by atoms with Crippen molar-refractivity contribution >= 4 is 34.7 Å². The number of Topliss-reactive ketones (excluding diaryl/α,β-unsaturated/α-hetero) is 1. The minimum Gasteiger partial charge on any atom is -0.354 e. The fourth-order valence-electron chi connectivity index (χ4n) is 2.73. The monoisotopic (exact) mass is 391 g/mol. The van der Waals surface area contributed by atoms with Crippen molar-refractivity contribution in [3.8, 4) is 0 Å². The van der Waals surface area contributed by atoms with Gasteiger partial charge in [0.2, 0.25) is 0 Å². The Bertz CT molecular complexity index is 1040. The molecule has 2 heterocycles. The first-order valence-electron chi connectivity index (χ1n) is 8.91. The van der Waals surface area contributed by atoms with Gasteiger partial charge < -0.3 is 21.7 Å². The highest BCUT2D eigenvalue weighted by atomic mass is 16.2. The maximum absolute atomic E-state index is 12.2. The van der Waals surface area contributed by atoms with E-state index in [1.165, 1.54) is 7.05 Å². The Balaban J connectivity index is 1.99. The van der Waals surface area contributed by atoms with Crippen LogP contribution in [0, 0.1) is 6.92 Å². The van der Waals surface area contributed by atoms with Gasteiger partial charge in [-0.05, 0) is 30.7 Å². The molecule has 0 spiro atoms. The molecule has 9 heteroatoms. The van der Waals surface area contributed by atoms with Crippen molar-refractivity contribution in [1.29, 1.82) is 0 Å². The number of pyridine rings is 1. The third-order valence-corrected chi connectivity index (χ3v) is 4.25. The smallest absolute Gasteiger partial charge is 0.273 e. The third-order valence-electron chi connectivity index (χ3n) is 4.25. The van der Waals surface area contributed by atoms with Gasteiger partial charge in [-0.25, -0.2) is 4.98 Å². The van der Waals surface area contributed by atoms with E-state index in [-0.39, 0.29) is 18.0 Å². The number of ketones is 1. The molecule has 0 aliphatic carbocycles. The summed E-state index contributed by atoms with van der Waals surface area (Å²) in [5.41, 5.74) is 7.95. The van der Waals surface area contributed by atoms with Crippen LogP contribution in [0.2, 0.25) is 0 Å². The Morgan fingerprint density at radius 2 is 1.83 bits per heavy atom. The lowest BCUT2D eigenvalue weighted by atomic mass is 10.0. The van der Waals surface area contributed by atoms with E-state index in [9.17, 15) is 9.59 Å². The lowest BCUT2D eigenvalue weighted by molar-refractivity contribution is 0.0956. The lowest BCUT2D eigenvalue weighted by Crippen LogP contribution is -2.21. The van der Waals surface area contributed by atoms with Gasteiger partial charge in [0, 0.05) is 30.6 Å². The number of carbonyl (C=O) groups excluding carboxylic acids is 2. The summed E-state index contributed by atoms with van der Waals surface area (Å²) >= 11 is 0. The molecular formula is C20H21N7O2. The van der Waals surface area contributed by atoms with Gasteiger partial charge in [-0.15, -0.1) is 10.2 Å². The quantitative estimate of drug-likeness (QED) is 0.450. The van der Waals surface area contributed by atoms with Crippen LogP contribution in [0.3, 0.4) is 0 Å². The van der Waals surface area contributed by atoms with Crippen LogP contribution in [-0.2, 0) is 0 Å². The molecule has 1 aromatic carbocycles. The number of anilines is 4. The summed E-state index contributed by atoms with van der Waals surface area (Å²) in [5, 5.41) is 16.9. The Labute approximate surface area is 167 Å². The Kier molecular flexibility index (Phi) is 6.10. The molecule has 0 fully saturated rings. The van der Waals surface area contributed by atoms with Crippen LogP contribution in [0.4, 0.5) is 23.0 Å². The van der Waals surface area contributed by atoms with Crippen LogP contribution in [0.5, 0.6) is 0 Å². The number of benzene rings is 1. The van der Waals surface area contributed by atoms with Crippen molar-refractivity contribution in [2.24, 2.45) is 5.73 Å². The van der Waals surface area contributed by atoms with Crippen molar-refractivity contribution in [3.63, 3.8) is 0 Å².